The summed E-state index contributed by atoms with van der Waals surface area (Å²) >= 11 is 0. The van der Waals surface area contributed by atoms with E-state index in [2.05, 4.69) is 0 Å². The summed E-state index contributed by atoms with van der Waals surface area (Å²) < 4.78 is 6.39. The second kappa shape index (κ2) is 7.33. The van der Waals surface area contributed by atoms with Crippen molar-refractivity contribution < 1.29 is 14.2 Å². The van der Waals surface area contributed by atoms with Gasteiger partial charge in [0.05, 0.1) is 7.11 Å². The predicted octanol–water partition coefficient (Wildman–Crippen LogP) is 3.06. The summed E-state index contributed by atoms with van der Waals surface area (Å²) in [5.74, 6) is -0.388. The molecule has 0 bridgehead atoms. The lowest BCUT2D eigenvalue weighted by Gasteiger charge is -2.04. The first-order valence-corrected chi connectivity index (χ1v) is 7.57. The number of carbonyl (C=O) groups excluding carboxylic acids is 1. The molecule has 4 nitrogen and oxygen atoms in total. The van der Waals surface area contributed by atoms with Gasteiger partial charge in [0.2, 0.25) is 12.4 Å². The van der Waals surface area contributed by atoms with E-state index in [1.165, 1.54) is 7.11 Å². The molecule has 0 amide bonds. The number of carbonyl (C=O) groups is 1. The van der Waals surface area contributed by atoms with Crippen LogP contribution in [0, 0.1) is 0 Å². The average Bonchev–Trinajstić information content (AvgIpc) is 2.67. The van der Waals surface area contributed by atoms with Gasteiger partial charge in [-0.3, -0.25) is 0 Å². The van der Waals surface area contributed by atoms with Gasteiger partial charge in [0.15, 0.2) is 0 Å². The van der Waals surface area contributed by atoms with Crippen LogP contribution in [0.5, 0.6) is 0 Å². The van der Waals surface area contributed by atoms with Gasteiger partial charge in [-0.1, -0.05) is 65.3 Å². The molecular weight excluding hydrogens is 300 g/mol. The monoisotopic (exact) mass is 317 g/mol. The van der Waals surface area contributed by atoms with Crippen LogP contribution >= 0.6 is 0 Å². The molecule has 3 aromatic rings. The number of hydrogen-bond donors (Lipinski definition) is 0. The molecule has 0 atom stereocenters. The average molecular weight is 317 g/mol. The molecule has 0 N–H and O–H groups in total. The quantitative estimate of drug-likeness (QED) is 0.422. The van der Waals surface area contributed by atoms with Crippen LogP contribution in [0.4, 0.5) is 0 Å². The number of rotatable bonds is 4. The Hall–Kier alpha value is -3.27. The Morgan fingerprint density at radius 1 is 0.833 bits per heavy atom. The van der Waals surface area contributed by atoms with Crippen LogP contribution in [0.2, 0.25) is 0 Å². The normalized spacial score (nSPS) is 10.0. The molecule has 0 radical (unpaired) electrons. The lowest BCUT2D eigenvalue weighted by Crippen LogP contribution is -2.30. The van der Waals surface area contributed by atoms with E-state index in [1.807, 2.05) is 60.7 Å². The fourth-order valence-electron chi connectivity index (χ4n) is 2.35. The van der Waals surface area contributed by atoms with Gasteiger partial charge in [0.25, 0.3) is 0 Å². The zero-order valence-electron chi connectivity index (χ0n) is 13.3. The molecule has 0 spiro atoms. The first kappa shape index (κ1) is 15.6. The van der Waals surface area contributed by atoms with Crippen molar-refractivity contribution in [2.75, 3.05) is 7.11 Å². The molecule has 0 aliphatic rings. The Bertz CT molecular complexity index is 818. The standard InChI is InChI=1S/C20H17N2O2/c1-24-20(23)18-13-8-14-22(15-18)21-19(16-9-4-2-5-10-16)17-11-6-3-7-12-17/h2-15H,1H3/q+1. The van der Waals surface area contributed by atoms with Gasteiger partial charge < -0.3 is 4.74 Å². The van der Waals surface area contributed by atoms with Crippen LogP contribution in [0.3, 0.4) is 0 Å². The van der Waals surface area contributed by atoms with Crippen molar-refractivity contribution in [1.29, 1.82) is 0 Å². The maximum Gasteiger partial charge on any atom is 0.344 e. The third kappa shape index (κ3) is 3.55. The Kier molecular flexibility index (Phi) is 4.77. The lowest BCUT2D eigenvalue weighted by molar-refractivity contribution is -0.678. The van der Waals surface area contributed by atoms with E-state index in [0.717, 1.165) is 16.8 Å². The molecule has 0 unspecified atom stereocenters. The van der Waals surface area contributed by atoms with E-state index in [1.54, 1.807) is 29.2 Å². The van der Waals surface area contributed by atoms with Gasteiger partial charge in [0, 0.05) is 22.3 Å². The van der Waals surface area contributed by atoms with E-state index < -0.39 is 0 Å². The van der Waals surface area contributed by atoms with Gasteiger partial charge in [-0.15, -0.1) is 0 Å². The van der Waals surface area contributed by atoms with Crippen LogP contribution in [-0.4, -0.2) is 18.8 Å². The SMILES string of the molecule is COC(=O)c1ccc[n+](N=C(c2ccccc2)c2ccccc2)c1. The van der Waals surface area contributed by atoms with Crippen molar-refractivity contribution in [2.45, 2.75) is 0 Å². The van der Waals surface area contributed by atoms with Crippen LogP contribution in [0.1, 0.15) is 21.5 Å². The second-order valence-corrected chi connectivity index (χ2v) is 5.14. The van der Waals surface area contributed by atoms with Gasteiger partial charge in [-0.05, 0) is 6.07 Å². The summed E-state index contributed by atoms with van der Waals surface area (Å²) in [4.78, 5) is 11.7. The van der Waals surface area contributed by atoms with Crippen molar-refractivity contribution in [3.8, 4) is 0 Å². The first-order valence-electron chi connectivity index (χ1n) is 7.57. The summed E-state index contributed by atoms with van der Waals surface area (Å²) in [7, 11) is 1.36. The number of hydrogen-bond acceptors (Lipinski definition) is 3. The summed E-state index contributed by atoms with van der Waals surface area (Å²) in [5, 5.41) is 4.70. The minimum absolute atomic E-state index is 0.388. The van der Waals surface area contributed by atoms with E-state index in [0.29, 0.717) is 5.56 Å². The molecule has 4 heteroatoms. The highest BCUT2D eigenvalue weighted by Crippen LogP contribution is 2.10. The summed E-state index contributed by atoms with van der Waals surface area (Å²) in [6.07, 6.45) is 3.44. The van der Waals surface area contributed by atoms with Gasteiger partial charge >= 0.3 is 5.97 Å². The molecular formula is C20H17N2O2+. The molecule has 0 saturated carbocycles. The zero-order chi connectivity index (χ0) is 16.8. The second-order valence-electron chi connectivity index (χ2n) is 5.14. The zero-order valence-corrected chi connectivity index (χ0v) is 13.3. The highest BCUT2D eigenvalue weighted by molar-refractivity contribution is 6.12. The van der Waals surface area contributed by atoms with E-state index >= 15 is 0 Å². The van der Waals surface area contributed by atoms with Crippen molar-refractivity contribution in [1.82, 2.24) is 0 Å². The Morgan fingerprint density at radius 3 is 1.92 bits per heavy atom. The minimum atomic E-state index is -0.388. The third-order valence-electron chi connectivity index (χ3n) is 3.52. The van der Waals surface area contributed by atoms with Crippen molar-refractivity contribution in [3.63, 3.8) is 0 Å². The van der Waals surface area contributed by atoms with Gasteiger partial charge in [-0.25, -0.2) is 4.79 Å². The van der Waals surface area contributed by atoms with Crippen molar-refractivity contribution in [2.24, 2.45) is 5.10 Å². The number of ether oxygens (including phenoxy) is 1. The smallest absolute Gasteiger partial charge is 0.344 e. The van der Waals surface area contributed by atoms with Crippen molar-refractivity contribution in [3.05, 3.63) is 102 Å². The van der Waals surface area contributed by atoms with E-state index in [9.17, 15) is 4.79 Å². The Balaban J connectivity index is 2.09. The number of esters is 1. The van der Waals surface area contributed by atoms with Crippen LogP contribution < -0.4 is 4.68 Å². The molecule has 2 aromatic carbocycles. The predicted molar refractivity (Wildman–Crippen MR) is 91.9 cm³/mol. The highest BCUT2D eigenvalue weighted by atomic mass is 16.5. The minimum Gasteiger partial charge on any atom is -0.465 e. The van der Waals surface area contributed by atoms with Crippen LogP contribution in [-0.2, 0) is 4.74 Å². The van der Waals surface area contributed by atoms with E-state index in [4.69, 9.17) is 9.84 Å². The van der Waals surface area contributed by atoms with Crippen molar-refractivity contribution >= 4 is 11.7 Å². The number of methoxy groups -OCH3 is 1. The first-order chi connectivity index (χ1) is 11.8. The maximum atomic E-state index is 11.7. The Morgan fingerprint density at radius 2 is 1.38 bits per heavy atom. The van der Waals surface area contributed by atoms with Gasteiger partial charge in [-0.2, -0.15) is 0 Å². The molecule has 1 aromatic heterocycles. The molecule has 24 heavy (non-hydrogen) atoms. The maximum absolute atomic E-state index is 11.7. The molecule has 118 valence electrons. The molecule has 0 saturated heterocycles. The molecule has 3 rings (SSSR count). The third-order valence-corrected chi connectivity index (χ3v) is 3.52. The fraction of sp³-hybridized carbons (Fsp3) is 0.0500. The topological polar surface area (TPSA) is 42.5 Å². The largest absolute Gasteiger partial charge is 0.465 e. The lowest BCUT2D eigenvalue weighted by atomic mass is 10.0. The highest BCUT2D eigenvalue weighted by Gasteiger charge is 2.14. The molecule has 0 aliphatic heterocycles. The number of nitrogens with zero attached hydrogens (tertiary/aromatic N) is 2. The fourth-order valence-corrected chi connectivity index (χ4v) is 2.35. The number of pyridine rings is 1. The summed E-state index contributed by atoms with van der Waals surface area (Å²) in [6.45, 7) is 0. The summed E-state index contributed by atoms with van der Waals surface area (Å²) in [5.41, 5.74) is 3.27. The van der Waals surface area contributed by atoms with Crippen LogP contribution in [0.25, 0.3) is 0 Å². The van der Waals surface area contributed by atoms with Gasteiger partial charge in [0.1, 0.15) is 11.3 Å². The number of benzene rings is 2. The Labute approximate surface area is 140 Å². The summed E-state index contributed by atoms with van der Waals surface area (Å²) in [6, 6.07) is 23.3. The number of aromatic nitrogens is 1. The molecule has 0 fully saturated rings. The molecule has 0 aliphatic carbocycles. The molecule has 1 heterocycles. The van der Waals surface area contributed by atoms with E-state index in [-0.39, 0.29) is 5.97 Å². The van der Waals surface area contributed by atoms with Crippen LogP contribution in [0.15, 0.2) is 90.3 Å².